The van der Waals surface area contributed by atoms with Crippen LogP contribution >= 0.6 is 0 Å². The van der Waals surface area contributed by atoms with Crippen LogP contribution in [0.2, 0.25) is 0 Å². The van der Waals surface area contributed by atoms with Crippen LogP contribution in [0.4, 0.5) is 0 Å². The summed E-state index contributed by atoms with van der Waals surface area (Å²) in [5.74, 6) is 1.04. The average molecular weight is 246 g/mol. The zero-order valence-electron chi connectivity index (χ0n) is 9.77. The minimum atomic E-state index is -3.24. The molecular formula is C9H18N4O2S. The molecule has 0 saturated carbocycles. The maximum atomic E-state index is 11.7. The Balaban J connectivity index is 2.53. The Labute approximate surface area is 95.9 Å². The normalized spacial score (nSPS) is 14.2. The predicted octanol–water partition coefficient (Wildman–Crippen LogP) is 0.831. The molecule has 6 nitrogen and oxygen atoms in total. The summed E-state index contributed by atoms with van der Waals surface area (Å²) in [6, 6.07) is -0.375. The van der Waals surface area contributed by atoms with Crippen LogP contribution in [0.5, 0.6) is 0 Å². The van der Waals surface area contributed by atoms with Gasteiger partial charge in [-0.25, -0.2) is 18.1 Å². The van der Waals surface area contributed by atoms with Crippen molar-refractivity contribution in [3.05, 3.63) is 12.2 Å². The molecular weight excluding hydrogens is 228 g/mol. The van der Waals surface area contributed by atoms with Gasteiger partial charge in [0.2, 0.25) is 10.0 Å². The second kappa shape index (κ2) is 5.40. The lowest BCUT2D eigenvalue weighted by Gasteiger charge is -2.12. The van der Waals surface area contributed by atoms with E-state index in [1.54, 1.807) is 6.92 Å². The Hall–Kier alpha value is -0.950. The van der Waals surface area contributed by atoms with Gasteiger partial charge in [0.15, 0.2) is 0 Å². The number of aromatic amines is 1. The summed E-state index contributed by atoms with van der Waals surface area (Å²) in [4.78, 5) is 3.90. The fraction of sp³-hybridized carbons (Fsp3) is 0.778. The van der Waals surface area contributed by atoms with Crippen molar-refractivity contribution in [2.75, 3.05) is 5.75 Å². The number of rotatable bonds is 6. The monoisotopic (exact) mass is 246 g/mol. The Morgan fingerprint density at radius 1 is 1.44 bits per heavy atom. The van der Waals surface area contributed by atoms with Gasteiger partial charge in [-0.15, -0.1) is 0 Å². The lowest BCUT2D eigenvalue weighted by molar-refractivity contribution is 0.545. The molecule has 1 atom stereocenters. The number of nitrogens with zero attached hydrogens (tertiary/aromatic N) is 2. The molecule has 1 heterocycles. The van der Waals surface area contributed by atoms with Gasteiger partial charge in [-0.1, -0.05) is 13.8 Å². The topological polar surface area (TPSA) is 87.7 Å². The van der Waals surface area contributed by atoms with Gasteiger partial charge >= 0.3 is 0 Å². The van der Waals surface area contributed by atoms with Crippen molar-refractivity contribution in [3.63, 3.8) is 0 Å². The van der Waals surface area contributed by atoms with Gasteiger partial charge in [0.25, 0.3) is 0 Å². The van der Waals surface area contributed by atoms with E-state index in [1.165, 1.54) is 6.33 Å². The van der Waals surface area contributed by atoms with Crippen LogP contribution < -0.4 is 4.72 Å². The molecule has 7 heteroatoms. The first-order valence-corrected chi connectivity index (χ1v) is 6.91. The maximum absolute atomic E-state index is 11.7. The molecule has 1 unspecified atom stereocenters. The van der Waals surface area contributed by atoms with Crippen LogP contribution in [0.3, 0.4) is 0 Å². The molecule has 0 aromatic carbocycles. The molecule has 16 heavy (non-hydrogen) atoms. The van der Waals surface area contributed by atoms with E-state index in [1.807, 2.05) is 13.8 Å². The minimum absolute atomic E-state index is 0.142. The average Bonchev–Trinajstić information content (AvgIpc) is 2.67. The van der Waals surface area contributed by atoms with Gasteiger partial charge in [0, 0.05) is 0 Å². The molecule has 0 bridgehead atoms. The Morgan fingerprint density at radius 2 is 2.12 bits per heavy atom. The van der Waals surface area contributed by atoms with Crippen LogP contribution in [-0.4, -0.2) is 29.4 Å². The van der Waals surface area contributed by atoms with Gasteiger partial charge in [-0.05, 0) is 19.3 Å². The molecule has 0 amide bonds. The third-order valence-electron chi connectivity index (χ3n) is 2.16. The SMILES string of the molecule is CC(C)CCS(=O)(=O)NC(C)c1ncn[nH]1. The molecule has 0 spiro atoms. The smallest absolute Gasteiger partial charge is 0.212 e. The van der Waals surface area contributed by atoms with E-state index in [0.29, 0.717) is 18.2 Å². The number of hydrogen-bond acceptors (Lipinski definition) is 4. The largest absolute Gasteiger partial charge is 0.262 e. The van der Waals surface area contributed by atoms with Crippen molar-refractivity contribution >= 4 is 10.0 Å². The molecule has 0 fully saturated rings. The van der Waals surface area contributed by atoms with E-state index in [-0.39, 0.29) is 11.8 Å². The maximum Gasteiger partial charge on any atom is 0.212 e. The van der Waals surface area contributed by atoms with E-state index in [2.05, 4.69) is 19.9 Å². The molecule has 2 N–H and O–H groups in total. The highest BCUT2D eigenvalue weighted by atomic mass is 32.2. The van der Waals surface area contributed by atoms with Gasteiger partial charge in [-0.2, -0.15) is 5.10 Å². The van der Waals surface area contributed by atoms with Gasteiger partial charge in [-0.3, -0.25) is 5.10 Å². The molecule has 1 aromatic heterocycles. The standard InChI is InChI=1S/C9H18N4O2S/c1-7(2)4-5-16(14,15)13-8(3)9-10-6-11-12-9/h6-8,13H,4-5H2,1-3H3,(H,10,11,12). The highest BCUT2D eigenvalue weighted by Gasteiger charge is 2.17. The van der Waals surface area contributed by atoms with E-state index >= 15 is 0 Å². The van der Waals surface area contributed by atoms with Crippen LogP contribution in [0.1, 0.15) is 39.1 Å². The summed E-state index contributed by atoms with van der Waals surface area (Å²) in [6.07, 6.45) is 2.01. The van der Waals surface area contributed by atoms with Gasteiger partial charge < -0.3 is 0 Å². The summed E-state index contributed by atoms with van der Waals surface area (Å²) >= 11 is 0. The molecule has 1 rings (SSSR count). The van der Waals surface area contributed by atoms with Gasteiger partial charge in [0.05, 0.1) is 11.8 Å². The number of aromatic nitrogens is 3. The van der Waals surface area contributed by atoms with Gasteiger partial charge in [0.1, 0.15) is 12.2 Å². The Morgan fingerprint density at radius 3 is 2.62 bits per heavy atom. The summed E-state index contributed by atoms with van der Waals surface area (Å²) < 4.78 is 25.9. The van der Waals surface area contributed by atoms with Crippen LogP contribution in [0, 0.1) is 5.92 Å². The molecule has 0 aliphatic carbocycles. The van der Waals surface area contributed by atoms with E-state index in [9.17, 15) is 8.42 Å². The first-order valence-electron chi connectivity index (χ1n) is 5.26. The van der Waals surface area contributed by atoms with Crippen molar-refractivity contribution in [1.29, 1.82) is 0 Å². The Bertz CT molecular complexity index is 399. The quantitative estimate of drug-likeness (QED) is 0.778. The molecule has 92 valence electrons. The van der Waals surface area contributed by atoms with Crippen LogP contribution in [0.25, 0.3) is 0 Å². The first kappa shape index (κ1) is 13.1. The van der Waals surface area contributed by atoms with Crippen molar-refractivity contribution in [3.8, 4) is 0 Å². The van der Waals surface area contributed by atoms with Crippen molar-refractivity contribution < 1.29 is 8.42 Å². The first-order chi connectivity index (χ1) is 7.41. The number of H-pyrrole nitrogens is 1. The zero-order chi connectivity index (χ0) is 12.2. The van der Waals surface area contributed by atoms with Crippen molar-refractivity contribution in [2.45, 2.75) is 33.2 Å². The fourth-order valence-corrected chi connectivity index (χ4v) is 2.75. The number of nitrogens with one attached hydrogen (secondary N) is 2. The summed E-state index contributed by atoms with van der Waals surface area (Å²) in [5, 5.41) is 6.31. The lowest BCUT2D eigenvalue weighted by atomic mass is 10.2. The van der Waals surface area contributed by atoms with E-state index in [4.69, 9.17) is 0 Å². The number of hydrogen-bond donors (Lipinski definition) is 2. The van der Waals surface area contributed by atoms with Crippen molar-refractivity contribution in [2.24, 2.45) is 5.92 Å². The predicted molar refractivity (Wildman–Crippen MR) is 61.2 cm³/mol. The highest BCUT2D eigenvalue weighted by molar-refractivity contribution is 7.89. The van der Waals surface area contributed by atoms with E-state index in [0.717, 1.165) is 0 Å². The molecule has 0 aliphatic rings. The van der Waals surface area contributed by atoms with Crippen LogP contribution in [0.15, 0.2) is 6.33 Å². The molecule has 0 radical (unpaired) electrons. The zero-order valence-corrected chi connectivity index (χ0v) is 10.6. The fourth-order valence-electron chi connectivity index (χ4n) is 1.20. The minimum Gasteiger partial charge on any atom is -0.262 e. The third-order valence-corrected chi connectivity index (χ3v) is 3.65. The highest BCUT2D eigenvalue weighted by Crippen LogP contribution is 2.08. The third kappa shape index (κ3) is 4.28. The molecule has 1 aromatic rings. The summed E-state index contributed by atoms with van der Waals surface area (Å²) in [5.41, 5.74) is 0. The number of sulfonamides is 1. The summed E-state index contributed by atoms with van der Waals surface area (Å²) in [6.45, 7) is 5.72. The van der Waals surface area contributed by atoms with Crippen molar-refractivity contribution in [1.82, 2.24) is 19.9 Å². The summed E-state index contributed by atoms with van der Waals surface area (Å²) in [7, 11) is -3.24. The molecule has 0 aliphatic heterocycles. The lowest BCUT2D eigenvalue weighted by Crippen LogP contribution is -2.30. The Kier molecular flexibility index (Phi) is 4.43. The second-order valence-electron chi connectivity index (χ2n) is 4.21. The molecule has 0 saturated heterocycles. The second-order valence-corrected chi connectivity index (χ2v) is 6.09. The van der Waals surface area contributed by atoms with Crippen LogP contribution in [-0.2, 0) is 10.0 Å². The van der Waals surface area contributed by atoms with E-state index < -0.39 is 10.0 Å².